The maximum atomic E-state index is 12.9. The van der Waals surface area contributed by atoms with Gasteiger partial charge in [-0.25, -0.2) is 0 Å². The van der Waals surface area contributed by atoms with E-state index in [0.29, 0.717) is 19.6 Å². The van der Waals surface area contributed by atoms with Gasteiger partial charge in [-0.1, -0.05) is 0 Å². The first-order valence-electron chi connectivity index (χ1n) is 10.2. The van der Waals surface area contributed by atoms with Crippen LogP contribution in [0.15, 0.2) is 0 Å². The van der Waals surface area contributed by atoms with Gasteiger partial charge >= 0.3 is 0 Å². The van der Waals surface area contributed by atoms with E-state index in [1.54, 1.807) is 4.68 Å². The standard InChI is InChI=1S/C20H33N5O3/c1-13-10-25(11-14(2)28-13)20(27)17-6-8-24(9-7-17)12-18(26)21-19-15(3)22-23(5)16(19)4/h13-14,17H,6-12H2,1-5H3,(H,21,26)/t13-,14-/m0/s1. The predicted molar refractivity (Wildman–Crippen MR) is 107 cm³/mol. The van der Waals surface area contributed by atoms with Crippen molar-refractivity contribution < 1.29 is 14.3 Å². The van der Waals surface area contributed by atoms with Gasteiger partial charge in [0.2, 0.25) is 11.8 Å². The van der Waals surface area contributed by atoms with Crippen molar-refractivity contribution in [3.63, 3.8) is 0 Å². The average Bonchev–Trinajstić information content (AvgIpc) is 2.87. The van der Waals surface area contributed by atoms with Gasteiger partial charge in [-0.15, -0.1) is 0 Å². The van der Waals surface area contributed by atoms with Crippen LogP contribution in [0.2, 0.25) is 0 Å². The summed E-state index contributed by atoms with van der Waals surface area (Å²) in [5.41, 5.74) is 2.57. The van der Waals surface area contributed by atoms with Gasteiger partial charge < -0.3 is 15.0 Å². The third kappa shape index (κ3) is 4.72. The van der Waals surface area contributed by atoms with Crippen molar-refractivity contribution in [2.45, 2.75) is 52.7 Å². The summed E-state index contributed by atoms with van der Waals surface area (Å²) in [6.07, 6.45) is 1.79. The molecule has 0 radical (unpaired) electrons. The van der Waals surface area contributed by atoms with Gasteiger partial charge in [0.1, 0.15) is 0 Å². The molecular formula is C20H33N5O3. The fourth-order valence-corrected chi connectivity index (χ4v) is 4.29. The molecule has 2 aliphatic rings. The van der Waals surface area contributed by atoms with Gasteiger partial charge in [0.15, 0.2) is 0 Å². The van der Waals surface area contributed by atoms with E-state index in [1.807, 2.05) is 39.6 Å². The lowest BCUT2D eigenvalue weighted by Crippen LogP contribution is -2.51. The fourth-order valence-electron chi connectivity index (χ4n) is 4.29. The number of nitrogens with zero attached hydrogens (tertiary/aromatic N) is 4. The molecule has 1 aromatic heterocycles. The highest BCUT2D eigenvalue weighted by Crippen LogP contribution is 2.23. The number of rotatable bonds is 4. The van der Waals surface area contributed by atoms with Crippen LogP contribution in [0.3, 0.4) is 0 Å². The maximum absolute atomic E-state index is 12.9. The first kappa shape index (κ1) is 20.8. The Labute approximate surface area is 167 Å². The van der Waals surface area contributed by atoms with Crippen molar-refractivity contribution >= 4 is 17.5 Å². The number of aromatic nitrogens is 2. The van der Waals surface area contributed by atoms with E-state index >= 15 is 0 Å². The van der Waals surface area contributed by atoms with Crippen LogP contribution >= 0.6 is 0 Å². The summed E-state index contributed by atoms with van der Waals surface area (Å²) in [6, 6.07) is 0. The number of anilines is 1. The van der Waals surface area contributed by atoms with E-state index < -0.39 is 0 Å². The highest BCUT2D eigenvalue weighted by atomic mass is 16.5. The molecule has 8 nitrogen and oxygen atoms in total. The molecule has 8 heteroatoms. The molecule has 0 saturated carbocycles. The van der Waals surface area contributed by atoms with Crippen LogP contribution in [0.5, 0.6) is 0 Å². The zero-order valence-electron chi connectivity index (χ0n) is 17.7. The van der Waals surface area contributed by atoms with Crippen molar-refractivity contribution in [3.05, 3.63) is 11.4 Å². The lowest BCUT2D eigenvalue weighted by atomic mass is 9.94. The molecule has 0 unspecified atom stereocenters. The van der Waals surface area contributed by atoms with Crippen LogP contribution in [-0.2, 0) is 21.4 Å². The summed E-state index contributed by atoms with van der Waals surface area (Å²) in [5.74, 6) is 0.270. The quantitative estimate of drug-likeness (QED) is 0.838. The number of hydrogen-bond acceptors (Lipinski definition) is 5. The molecule has 0 bridgehead atoms. The molecule has 2 amide bonds. The van der Waals surface area contributed by atoms with Gasteiger partial charge in [0, 0.05) is 26.1 Å². The van der Waals surface area contributed by atoms with Crippen LogP contribution in [0.25, 0.3) is 0 Å². The Morgan fingerprint density at radius 2 is 1.75 bits per heavy atom. The Hall–Kier alpha value is -1.93. The molecule has 0 aromatic carbocycles. The largest absolute Gasteiger partial charge is 0.372 e. The SMILES string of the molecule is Cc1nn(C)c(C)c1NC(=O)CN1CCC(C(=O)N2C[C@H](C)O[C@@H](C)C2)CC1. The Kier molecular flexibility index (Phi) is 6.40. The zero-order chi connectivity index (χ0) is 20.4. The third-order valence-corrected chi connectivity index (χ3v) is 5.81. The smallest absolute Gasteiger partial charge is 0.238 e. The second-order valence-corrected chi connectivity index (χ2v) is 8.27. The van der Waals surface area contributed by atoms with Crippen LogP contribution in [0.1, 0.15) is 38.1 Å². The van der Waals surface area contributed by atoms with E-state index in [-0.39, 0.29) is 29.9 Å². The molecule has 3 heterocycles. The van der Waals surface area contributed by atoms with Crippen LogP contribution in [-0.4, -0.2) is 76.3 Å². The number of hydrogen-bond donors (Lipinski definition) is 1. The Morgan fingerprint density at radius 3 is 2.29 bits per heavy atom. The molecule has 3 rings (SSSR count). The summed E-state index contributed by atoms with van der Waals surface area (Å²) in [7, 11) is 1.87. The van der Waals surface area contributed by atoms with Crippen LogP contribution in [0.4, 0.5) is 5.69 Å². The number of piperidine rings is 1. The Morgan fingerprint density at radius 1 is 1.14 bits per heavy atom. The van der Waals surface area contributed by atoms with Crippen LogP contribution < -0.4 is 5.32 Å². The third-order valence-electron chi connectivity index (χ3n) is 5.81. The highest BCUT2D eigenvalue weighted by molar-refractivity contribution is 5.93. The van der Waals surface area contributed by atoms with Gasteiger partial charge in [0.05, 0.1) is 35.8 Å². The maximum Gasteiger partial charge on any atom is 0.238 e. The van der Waals surface area contributed by atoms with E-state index in [2.05, 4.69) is 15.3 Å². The highest BCUT2D eigenvalue weighted by Gasteiger charge is 2.33. The fraction of sp³-hybridized carbons (Fsp3) is 0.750. The van der Waals surface area contributed by atoms with Crippen molar-refractivity contribution in [1.29, 1.82) is 0 Å². The second-order valence-electron chi connectivity index (χ2n) is 8.27. The van der Waals surface area contributed by atoms with E-state index in [1.165, 1.54) is 0 Å². The molecular weight excluding hydrogens is 358 g/mol. The first-order chi connectivity index (χ1) is 13.2. The lowest BCUT2D eigenvalue weighted by molar-refractivity contribution is -0.148. The van der Waals surface area contributed by atoms with Gasteiger partial charge in [-0.3, -0.25) is 19.2 Å². The minimum atomic E-state index is -0.0280. The van der Waals surface area contributed by atoms with Gasteiger partial charge in [-0.2, -0.15) is 5.10 Å². The monoisotopic (exact) mass is 391 g/mol. The Bertz CT molecular complexity index is 714. The molecule has 28 heavy (non-hydrogen) atoms. The molecule has 156 valence electrons. The minimum absolute atomic E-state index is 0.0280. The molecule has 2 saturated heterocycles. The summed E-state index contributed by atoms with van der Waals surface area (Å²) < 4.78 is 7.50. The number of likely N-dealkylation sites (tertiary alicyclic amines) is 1. The normalized spacial score (nSPS) is 24.4. The number of carbonyl (C=O) groups is 2. The topological polar surface area (TPSA) is 79.7 Å². The molecule has 2 fully saturated rings. The molecule has 1 N–H and O–H groups in total. The summed E-state index contributed by atoms with van der Waals surface area (Å²) in [6.45, 7) is 11.1. The summed E-state index contributed by atoms with van der Waals surface area (Å²) in [5, 5.41) is 7.32. The van der Waals surface area contributed by atoms with E-state index in [0.717, 1.165) is 43.0 Å². The molecule has 0 aliphatic carbocycles. The van der Waals surface area contributed by atoms with Crippen molar-refractivity contribution in [3.8, 4) is 0 Å². The minimum Gasteiger partial charge on any atom is -0.372 e. The van der Waals surface area contributed by atoms with Crippen molar-refractivity contribution in [2.24, 2.45) is 13.0 Å². The number of carbonyl (C=O) groups excluding carboxylic acids is 2. The number of morpholine rings is 1. The summed E-state index contributed by atoms with van der Waals surface area (Å²) >= 11 is 0. The number of aryl methyl sites for hydroxylation is 2. The molecule has 2 aliphatic heterocycles. The second kappa shape index (κ2) is 8.61. The summed E-state index contributed by atoms with van der Waals surface area (Å²) in [4.78, 5) is 29.4. The van der Waals surface area contributed by atoms with Crippen molar-refractivity contribution in [2.75, 3.05) is 38.0 Å². The Balaban J connectivity index is 1.47. The molecule has 2 atom stereocenters. The van der Waals surface area contributed by atoms with Crippen molar-refractivity contribution in [1.82, 2.24) is 19.6 Å². The van der Waals surface area contributed by atoms with E-state index in [9.17, 15) is 9.59 Å². The average molecular weight is 392 g/mol. The number of amides is 2. The molecule has 0 spiro atoms. The lowest BCUT2D eigenvalue weighted by Gasteiger charge is -2.39. The number of ether oxygens (including phenoxy) is 1. The number of nitrogens with one attached hydrogen (secondary N) is 1. The van der Waals surface area contributed by atoms with Gasteiger partial charge in [-0.05, 0) is 53.6 Å². The molecule has 1 aromatic rings. The zero-order valence-corrected chi connectivity index (χ0v) is 17.7. The predicted octanol–water partition coefficient (Wildman–Crippen LogP) is 1.32. The van der Waals surface area contributed by atoms with E-state index in [4.69, 9.17) is 4.74 Å². The first-order valence-corrected chi connectivity index (χ1v) is 10.2. The van der Waals surface area contributed by atoms with Crippen LogP contribution in [0, 0.1) is 19.8 Å². The van der Waals surface area contributed by atoms with Gasteiger partial charge in [0.25, 0.3) is 0 Å².